The quantitative estimate of drug-likeness (QED) is 0.829. The van der Waals surface area contributed by atoms with Crippen LogP contribution in [0.3, 0.4) is 0 Å². The van der Waals surface area contributed by atoms with Crippen molar-refractivity contribution in [3.63, 3.8) is 0 Å². The van der Waals surface area contributed by atoms with Gasteiger partial charge in [0.2, 0.25) is 5.91 Å². The van der Waals surface area contributed by atoms with Gasteiger partial charge in [0.05, 0.1) is 5.92 Å². The van der Waals surface area contributed by atoms with Gasteiger partial charge < -0.3 is 15.5 Å². The molecule has 6 nitrogen and oxygen atoms in total. The van der Waals surface area contributed by atoms with Crippen LogP contribution in [0.5, 0.6) is 0 Å². The first-order valence-corrected chi connectivity index (χ1v) is 6.36. The molecule has 1 rings (SSSR count). The fourth-order valence-electron chi connectivity index (χ4n) is 2.06. The average molecular weight is 265 g/mol. The average Bonchev–Trinajstić information content (AvgIpc) is 2.39. The molecule has 0 spiro atoms. The first kappa shape index (κ1) is 15.2. The van der Waals surface area contributed by atoms with Gasteiger partial charge in [-0.2, -0.15) is 0 Å². The minimum absolute atomic E-state index is 0.0316. The molecule has 0 aliphatic rings. The molecule has 1 aromatic rings. The van der Waals surface area contributed by atoms with Crippen molar-refractivity contribution in [3.8, 4) is 0 Å². The summed E-state index contributed by atoms with van der Waals surface area (Å²) in [6, 6.07) is 0. The van der Waals surface area contributed by atoms with Crippen LogP contribution in [-0.4, -0.2) is 43.6 Å². The Morgan fingerprint density at radius 1 is 1.32 bits per heavy atom. The van der Waals surface area contributed by atoms with Crippen LogP contribution in [0.25, 0.3) is 0 Å². The highest BCUT2D eigenvalue weighted by Crippen LogP contribution is 2.22. The second-order valence-corrected chi connectivity index (χ2v) is 4.71. The topological polar surface area (TPSA) is 70.2 Å². The van der Waals surface area contributed by atoms with Crippen LogP contribution in [0, 0.1) is 19.8 Å². The van der Waals surface area contributed by atoms with Crippen LogP contribution in [-0.2, 0) is 4.79 Å². The summed E-state index contributed by atoms with van der Waals surface area (Å²) in [5, 5.41) is 5.72. The van der Waals surface area contributed by atoms with E-state index in [4.69, 9.17) is 0 Å². The highest BCUT2D eigenvalue weighted by molar-refractivity contribution is 5.78. The summed E-state index contributed by atoms with van der Waals surface area (Å²) in [5.41, 5.74) is 0.986. The van der Waals surface area contributed by atoms with E-state index in [1.807, 2.05) is 39.8 Å². The minimum Gasteiger partial charge on any atom is -0.373 e. The Balaban J connectivity index is 2.96. The van der Waals surface area contributed by atoms with E-state index in [1.165, 1.54) is 0 Å². The molecule has 19 heavy (non-hydrogen) atoms. The molecule has 106 valence electrons. The lowest BCUT2D eigenvalue weighted by Gasteiger charge is -2.24. The third kappa shape index (κ3) is 3.56. The summed E-state index contributed by atoms with van der Waals surface area (Å²) in [6.07, 6.45) is 0. The predicted molar refractivity (Wildman–Crippen MR) is 77.6 cm³/mol. The fourth-order valence-corrected chi connectivity index (χ4v) is 2.06. The standard InChI is InChI=1S/C13H23N5O/c1-8(13(19)15-5)7-18(6)12-9(2)11(14-4)16-10(3)17-12/h8H,7H2,1-6H3,(H,15,19)(H,14,16,17). The van der Waals surface area contributed by atoms with Crippen molar-refractivity contribution in [1.29, 1.82) is 0 Å². The Kier molecular flexibility index (Phi) is 5.09. The molecular weight excluding hydrogens is 242 g/mol. The molecular formula is C13H23N5O. The highest BCUT2D eigenvalue weighted by atomic mass is 16.1. The molecule has 0 aliphatic heterocycles. The van der Waals surface area contributed by atoms with Crippen molar-refractivity contribution in [1.82, 2.24) is 15.3 Å². The minimum atomic E-state index is -0.0947. The maximum atomic E-state index is 11.6. The van der Waals surface area contributed by atoms with Crippen molar-refractivity contribution in [2.24, 2.45) is 5.92 Å². The van der Waals surface area contributed by atoms with Crippen molar-refractivity contribution in [2.45, 2.75) is 20.8 Å². The number of aromatic nitrogens is 2. The number of carbonyl (C=O) groups is 1. The summed E-state index contributed by atoms with van der Waals surface area (Å²) in [6.45, 7) is 6.35. The largest absolute Gasteiger partial charge is 0.373 e. The van der Waals surface area contributed by atoms with Gasteiger partial charge in [-0.1, -0.05) is 6.92 Å². The second kappa shape index (κ2) is 6.36. The van der Waals surface area contributed by atoms with E-state index in [0.29, 0.717) is 12.4 Å². The number of amides is 1. The SMILES string of the molecule is CNC(=O)C(C)CN(C)c1nc(C)nc(NC)c1C. The van der Waals surface area contributed by atoms with Crippen molar-refractivity contribution in [3.05, 3.63) is 11.4 Å². The van der Waals surface area contributed by atoms with Crippen molar-refractivity contribution in [2.75, 3.05) is 37.9 Å². The van der Waals surface area contributed by atoms with Gasteiger partial charge in [-0.05, 0) is 13.8 Å². The Bertz CT molecular complexity index is 461. The highest BCUT2D eigenvalue weighted by Gasteiger charge is 2.17. The second-order valence-electron chi connectivity index (χ2n) is 4.71. The summed E-state index contributed by atoms with van der Waals surface area (Å²) >= 11 is 0. The number of carbonyl (C=O) groups excluding carboxylic acids is 1. The molecule has 0 radical (unpaired) electrons. The van der Waals surface area contributed by atoms with Crippen LogP contribution >= 0.6 is 0 Å². The molecule has 1 heterocycles. The molecule has 1 atom stereocenters. The maximum Gasteiger partial charge on any atom is 0.224 e. The Labute approximate surface area is 114 Å². The molecule has 0 saturated heterocycles. The fraction of sp³-hybridized carbons (Fsp3) is 0.615. The predicted octanol–water partition coefficient (Wildman–Crippen LogP) is 0.953. The molecule has 1 amide bonds. The zero-order valence-corrected chi connectivity index (χ0v) is 12.5. The third-order valence-corrected chi connectivity index (χ3v) is 3.07. The summed E-state index contributed by atoms with van der Waals surface area (Å²) in [7, 11) is 5.43. The number of rotatable bonds is 5. The van der Waals surface area contributed by atoms with Crippen molar-refractivity contribution >= 4 is 17.5 Å². The lowest BCUT2D eigenvalue weighted by Crippen LogP contribution is -2.35. The number of aryl methyl sites for hydroxylation is 1. The van der Waals surface area contributed by atoms with E-state index in [9.17, 15) is 4.79 Å². The van der Waals surface area contributed by atoms with E-state index in [-0.39, 0.29) is 11.8 Å². The van der Waals surface area contributed by atoms with Crippen LogP contribution in [0.4, 0.5) is 11.6 Å². The first-order chi connectivity index (χ1) is 8.90. The van der Waals surface area contributed by atoms with E-state index >= 15 is 0 Å². The number of hydrogen-bond donors (Lipinski definition) is 2. The van der Waals surface area contributed by atoms with Crippen LogP contribution in [0.15, 0.2) is 0 Å². The van der Waals surface area contributed by atoms with Crippen LogP contribution in [0.1, 0.15) is 18.3 Å². The Morgan fingerprint density at radius 3 is 2.47 bits per heavy atom. The first-order valence-electron chi connectivity index (χ1n) is 6.36. The number of hydrogen-bond acceptors (Lipinski definition) is 5. The van der Waals surface area contributed by atoms with E-state index in [2.05, 4.69) is 20.6 Å². The zero-order valence-electron chi connectivity index (χ0n) is 12.5. The normalized spacial score (nSPS) is 11.9. The van der Waals surface area contributed by atoms with E-state index < -0.39 is 0 Å². The zero-order chi connectivity index (χ0) is 14.6. The summed E-state index contributed by atoms with van der Waals surface area (Å²) in [5.74, 6) is 2.32. The molecule has 1 aromatic heterocycles. The molecule has 6 heteroatoms. The van der Waals surface area contributed by atoms with Gasteiger partial charge in [-0.3, -0.25) is 4.79 Å². The van der Waals surface area contributed by atoms with Gasteiger partial charge in [0, 0.05) is 33.3 Å². The summed E-state index contributed by atoms with van der Waals surface area (Å²) in [4.78, 5) is 22.4. The van der Waals surface area contributed by atoms with Crippen LogP contribution < -0.4 is 15.5 Å². The van der Waals surface area contributed by atoms with Gasteiger partial charge in [0.15, 0.2) is 0 Å². The van der Waals surface area contributed by atoms with Gasteiger partial charge in [-0.15, -0.1) is 0 Å². The van der Waals surface area contributed by atoms with Crippen LogP contribution in [0.2, 0.25) is 0 Å². The van der Waals surface area contributed by atoms with E-state index in [0.717, 1.165) is 17.2 Å². The Morgan fingerprint density at radius 2 is 1.95 bits per heavy atom. The van der Waals surface area contributed by atoms with Gasteiger partial charge in [0.25, 0.3) is 0 Å². The molecule has 0 aliphatic carbocycles. The monoisotopic (exact) mass is 265 g/mol. The Hall–Kier alpha value is -1.85. The molecule has 2 N–H and O–H groups in total. The molecule has 0 saturated carbocycles. The van der Waals surface area contributed by atoms with Gasteiger partial charge in [0.1, 0.15) is 17.5 Å². The maximum absolute atomic E-state index is 11.6. The molecule has 1 unspecified atom stereocenters. The van der Waals surface area contributed by atoms with Crippen molar-refractivity contribution < 1.29 is 4.79 Å². The number of nitrogens with one attached hydrogen (secondary N) is 2. The number of anilines is 2. The lowest BCUT2D eigenvalue weighted by molar-refractivity contribution is -0.123. The smallest absolute Gasteiger partial charge is 0.224 e. The third-order valence-electron chi connectivity index (χ3n) is 3.07. The number of nitrogens with zero attached hydrogens (tertiary/aromatic N) is 3. The summed E-state index contributed by atoms with van der Waals surface area (Å²) < 4.78 is 0. The van der Waals surface area contributed by atoms with Gasteiger partial charge in [-0.25, -0.2) is 9.97 Å². The molecule has 0 fully saturated rings. The lowest BCUT2D eigenvalue weighted by atomic mass is 10.1. The molecule has 0 aromatic carbocycles. The van der Waals surface area contributed by atoms with Gasteiger partial charge >= 0.3 is 0 Å². The van der Waals surface area contributed by atoms with E-state index in [1.54, 1.807) is 7.05 Å². The molecule has 0 bridgehead atoms.